The van der Waals surface area contributed by atoms with Gasteiger partial charge in [-0.15, -0.1) is 0 Å². The molecular weight excluding hydrogens is 152 g/mol. The van der Waals surface area contributed by atoms with E-state index in [1.54, 1.807) is 0 Å². The lowest BCUT2D eigenvalue weighted by Crippen LogP contribution is -2.25. The second kappa shape index (κ2) is 2.57. The highest BCUT2D eigenvalue weighted by atomic mass is 16.7. The van der Waals surface area contributed by atoms with Crippen molar-refractivity contribution in [2.75, 3.05) is 13.4 Å². The summed E-state index contributed by atoms with van der Waals surface area (Å²) >= 11 is 0. The van der Waals surface area contributed by atoms with Crippen LogP contribution >= 0.6 is 0 Å². The molecule has 2 fully saturated rings. The largest absolute Gasteiger partial charge is 0.353 e. The second-order valence-corrected chi connectivity index (χ2v) is 4.14. The summed E-state index contributed by atoms with van der Waals surface area (Å²) in [5, 5.41) is 0. The molecule has 1 saturated heterocycles. The van der Waals surface area contributed by atoms with Gasteiger partial charge in [0.15, 0.2) is 0 Å². The highest BCUT2D eigenvalue weighted by Gasteiger charge is 2.41. The van der Waals surface area contributed by atoms with Crippen LogP contribution in [0.4, 0.5) is 0 Å². The molecule has 4 atom stereocenters. The lowest BCUT2D eigenvalue weighted by atomic mass is 9.89. The van der Waals surface area contributed by atoms with Crippen molar-refractivity contribution >= 4 is 0 Å². The van der Waals surface area contributed by atoms with Gasteiger partial charge >= 0.3 is 0 Å². The Labute approximate surface area is 72.5 Å². The van der Waals surface area contributed by atoms with Crippen LogP contribution in [0.25, 0.3) is 0 Å². The van der Waals surface area contributed by atoms with E-state index in [0.29, 0.717) is 12.9 Å². The van der Waals surface area contributed by atoms with Gasteiger partial charge in [-0.1, -0.05) is 12.2 Å². The van der Waals surface area contributed by atoms with Crippen LogP contribution in [0.3, 0.4) is 0 Å². The van der Waals surface area contributed by atoms with Gasteiger partial charge in [0, 0.05) is 0 Å². The van der Waals surface area contributed by atoms with Crippen LogP contribution in [0.5, 0.6) is 0 Å². The minimum atomic E-state index is 0.393. The Hall–Kier alpha value is -0.340. The summed E-state index contributed by atoms with van der Waals surface area (Å²) in [6.45, 7) is 1.34. The van der Waals surface area contributed by atoms with Crippen molar-refractivity contribution in [2.24, 2.45) is 17.8 Å². The maximum absolute atomic E-state index is 5.53. The fourth-order valence-corrected chi connectivity index (χ4v) is 2.85. The first kappa shape index (κ1) is 7.10. The van der Waals surface area contributed by atoms with Crippen LogP contribution in [0.1, 0.15) is 12.8 Å². The quantitative estimate of drug-likeness (QED) is 0.550. The van der Waals surface area contributed by atoms with E-state index in [-0.39, 0.29) is 0 Å². The Kier molecular flexibility index (Phi) is 1.52. The number of fused-ring (bicyclic) bond motifs is 2. The smallest absolute Gasteiger partial charge is 0.147 e. The summed E-state index contributed by atoms with van der Waals surface area (Å²) in [4.78, 5) is 0. The van der Waals surface area contributed by atoms with Gasteiger partial charge in [-0.2, -0.15) is 0 Å². The summed E-state index contributed by atoms with van der Waals surface area (Å²) in [5.74, 6) is 2.40. The monoisotopic (exact) mass is 166 g/mol. The number of ether oxygens (including phenoxy) is 2. The van der Waals surface area contributed by atoms with Gasteiger partial charge in [0.05, 0.1) is 12.7 Å². The van der Waals surface area contributed by atoms with E-state index in [1.165, 1.54) is 12.8 Å². The standard InChI is InChI=1S/C10H14O2/c1-2-8-3-7(1)4-9(8)10-5-11-6-12-10/h1-2,7-10H,3-6H2. The molecule has 1 saturated carbocycles. The SMILES string of the molecule is C1=CC2CC1CC2C1COCO1. The predicted molar refractivity (Wildman–Crippen MR) is 44.5 cm³/mol. The molecule has 0 radical (unpaired) electrons. The third-order valence-electron chi connectivity index (χ3n) is 3.46. The van der Waals surface area contributed by atoms with E-state index in [4.69, 9.17) is 9.47 Å². The van der Waals surface area contributed by atoms with Crippen molar-refractivity contribution in [3.8, 4) is 0 Å². The maximum atomic E-state index is 5.53. The van der Waals surface area contributed by atoms with Crippen LogP contribution in [-0.2, 0) is 9.47 Å². The van der Waals surface area contributed by atoms with E-state index in [9.17, 15) is 0 Å². The van der Waals surface area contributed by atoms with E-state index >= 15 is 0 Å². The van der Waals surface area contributed by atoms with Gasteiger partial charge in [0.2, 0.25) is 0 Å². The zero-order valence-electron chi connectivity index (χ0n) is 7.11. The average Bonchev–Trinajstić information content (AvgIpc) is 2.81. The fraction of sp³-hybridized carbons (Fsp3) is 0.800. The molecule has 12 heavy (non-hydrogen) atoms. The zero-order valence-corrected chi connectivity index (χ0v) is 7.11. The van der Waals surface area contributed by atoms with Crippen molar-refractivity contribution in [3.05, 3.63) is 12.2 Å². The Bertz CT molecular complexity index is 206. The molecule has 0 amide bonds. The molecule has 1 aliphatic heterocycles. The number of hydrogen-bond donors (Lipinski definition) is 0. The molecule has 2 heteroatoms. The molecule has 4 unspecified atom stereocenters. The normalized spacial score (nSPS) is 50.7. The van der Waals surface area contributed by atoms with E-state index in [0.717, 1.165) is 24.4 Å². The lowest BCUT2D eigenvalue weighted by molar-refractivity contribution is 0.0234. The van der Waals surface area contributed by atoms with Gasteiger partial charge < -0.3 is 9.47 Å². The molecule has 1 heterocycles. The van der Waals surface area contributed by atoms with Crippen LogP contribution in [0.2, 0.25) is 0 Å². The lowest BCUT2D eigenvalue weighted by Gasteiger charge is -2.22. The highest BCUT2D eigenvalue weighted by molar-refractivity contribution is 5.11. The summed E-state index contributed by atoms with van der Waals surface area (Å²) in [6.07, 6.45) is 7.84. The first-order valence-electron chi connectivity index (χ1n) is 4.81. The van der Waals surface area contributed by atoms with Crippen molar-refractivity contribution < 1.29 is 9.47 Å². The van der Waals surface area contributed by atoms with E-state index in [2.05, 4.69) is 12.2 Å². The van der Waals surface area contributed by atoms with Crippen LogP contribution < -0.4 is 0 Å². The third-order valence-corrected chi connectivity index (χ3v) is 3.46. The number of hydrogen-bond acceptors (Lipinski definition) is 2. The van der Waals surface area contributed by atoms with Gasteiger partial charge in [-0.3, -0.25) is 0 Å². The second-order valence-electron chi connectivity index (χ2n) is 4.14. The van der Waals surface area contributed by atoms with Gasteiger partial charge in [-0.05, 0) is 30.6 Å². The topological polar surface area (TPSA) is 18.5 Å². The molecule has 0 aromatic rings. The van der Waals surface area contributed by atoms with E-state index in [1.807, 2.05) is 0 Å². The van der Waals surface area contributed by atoms with Gasteiger partial charge in [-0.25, -0.2) is 0 Å². The molecule has 66 valence electrons. The van der Waals surface area contributed by atoms with Crippen LogP contribution in [-0.4, -0.2) is 19.5 Å². The molecule has 2 nitrogen and oxygen atoms in total. The third kappa shape index (κ3) is 0.947. The molecule has 3 rings (SSSR count). The molecule has 0 N–H and O–H groups in total. The minimum Gasteiger partial charge on any atom is -0.353 e. The fourth-order valence-electron chi connectivity index (χ4n) is 2.85. The average molecular weight is 166 g/mol. The van der Waals surface area contributed by atoms with Crippen molar-refractivity contribution in [3.63, 3.8) is 0 Å². The Morgan fingerprint density at radius 2 is 2.17 bits per heavy atom. The maximum Gasteiger partial charge on any atom is 0.147 e. The molecule has 0 aromatic heterocycles. The first-order chi connectivity index (χ1) is 5.93. The summed E-state index contributed by atoms with van der Waals surface area (Å²) in [5.41, 5.74) is 0. The zero-order chi connectivity index (χ0) is 7.97. The highest BCUT2D eigenvalue weighted by Crippen LogP contribution is 2.46. The van der Waals surface area contributed by atoms with Crippen molar-refractivity contribution in [2.45, 2.75) is 18.9 Å². The predicted octanol–water partition coefficient (Wildman–Crippen LogP) is 1.57. The molecule has 3 aliphatic rings. The summed E-state index contributed by atoms with van der Waals surface area (Å²) in [6, 6.07) is 0. The summed E-state index contributed by atoms with van der Waals surface area (Å²) < 4.78 is 10.8. The first-order valence-corrected chi connectivity index (χ1v) is 4.81. The molecule has 0 spiro atoms. The Balaban J connectivity index is 1.74. The van der Waals surface area contributed by atoms with Crippen LogP contribution in [0, 0.1) is 17.8 Å². The molecule has 0 aromatic carbocycles. The molecular formula is C10H14O2. The van der Waals surface area contributed by atoms with Crippen LogP contribution in [0.15, 0.2) is 12.2 Å². The minimum absolute atomic E-state index is 0.393. The number of allylic oxidation sites excluding steroid dienone is 2. The Morgan fingerprint density at radius 1 is 1.17 bits per heavy atom. The molecule has 2 aliphatic carbocycles. The van der Waals surface area contributed by atoms with Gasteiger partial charge in [0.1, 0.15) is 6.79 Å². The molecule has 2 bridgehead atoms. The summed E-state index contributed by atoms with van der Waals surface area (Å²) in [7, 11) is 0. The van der Waals surface area contributed by atoms with Crippen molar-refractivity contribution in [1.82, 2.24) is 0 Å². The Morgan fingerprint density at radius 3 is 2.75 bits per heavy atom. The number of rotatable bonds is 1. The van der Waals surface area contributed by atoms with Crippen molar-refractivity contribution in [1.29, 1.82) is 0 Å². The van der Waals surface area contributed by atoms with Gasteiger partial charge in [0.25, 0.3) is 0 Å². The van der Waals surface area contributed by atoms with E-state index < -0.39 is 0 Å².